The first-order valence-corrected chi connectivity index (χ1v) is 11.7. The zero-order valence-electron chi connectivity index (χ0n) is 19.5. The van der Waals surface area contributed by atoms with Gasteiger partial charge in [0.2, 0.25) is 5.82 Å². The molecule has 3 aromatic rings. The van der Waals surface area contributed by atoms with Gasteiger partial charge < -0.3 is 10.7 Å². The fourth-order valence-electron chi connectivity index (χ4n) is 5.13. The summed E-state index contributed by atoms with van der Waals surface area (Å²) in [6.45, 7) is 7.02. The highest BCUT2D eigenvalue weighted by molar-refractivity contribution is 5.91. The van der Waals surface area contributed by atoms with E-state index in [1.807, 2.05) is 12.1 Å². The number of aromatic amines is 1. The Balaban J connectivity index is 1.53. The van der Waals surface area contributed by atoms with Crippen LogP contribution in [0.25, 0.3) is 22.4 Å². The third-order valence-corrected chi connectivity index (χ3v) is 6.70. The van der Waals surface area contributed by atoms with Crippen molar-refractivity contribution in [3.8, 4) is 11.4 Å². The van der Waals surface area contributed by atoms with Gasteiger partial charge in [0.15, 0.2) is 11.5 Å². The van der Waals surface area contributed by atoms with Gasteiger partial charge in [0.25, 0.3) is 5.56 Å². The number of fused-ring (bicyclic) bond motifs is 1. The average molecular weight is 449 g/mol. The van der Waals surface area contributed by atoms with Gasteiger partial charge in [-0.05, 0) is 64.5 Å². The third-order valence-electron chi connectivity index (χ3n) is 6.70. The number of H-pyrrole nitrogens is 1. The number of nitrogens with one attached hydrogen (secondary N) is 2. The van der Waals surface area contributed by atoms with Gasteiger partial charge >= 0.3 is 0 Å². The number of hydrogen-bond acceptors (Lipinski definition) is 7. The number of benzene rings is 1. The quantitative estimate of drug-likeness (QED) is 0.373. The van der Waals surface area contributed by atoms with E-state index in [4.69, 9.17) is 11.1 Å². The number of piperidine rings is 1. The number of rotatable bonds is 7. The number of aryl methyl sites for hydroxylation is 1. The molecule has 0 aliphatic carbocycles. The average Bonchev–Trinajstić information content (AvgIpc) is 2.79. The summed E-state index contributed by atoms with van der Waals surface area (Å²) in [5, 5.41) is 15.0. The fourth-order valence-corrected chi connectivity index (χ4v) is 5.13. The normalized spacial score (nSPS) is 20.1. The lowest BCUT2D eigenvalue weighted by Gasteiger charge is -2.43. The van der Waals surface area contributed by atoms with E-state index in [0.717, 1.165) is 30.3 Å². The van der Waals surface area contributed by atoms with Crippen molar-refractivity contribution in [3.05, 3.63) is 46.1 Å². The second-order valence-electron chi connectivity index (χ2n) is 9.12. The van der Waals surface area contributed by atoms with Crippen molar-refractivity contribution in [3.63, 3.8) is 0 Å². The van der Waals surface area contributed by atoms with Crippen molar-refractivity contribution < 1.29 is 0 Å². The molecular formula is C24H32N8O. The Kier molecular flexibility index (Phi) is 6.78. The summed E-state index contributed by atoms with van der Waals surface area (Å²) in [6, 6.07) is 7.70. The second kappa shape index (κ2) is 9.74. The molecule has 1 fully saturated rings. The minimum Gasteiger partial charge on any atom is -0.381 e. The molecule has 3 heterocycles. The second-order valence-corrected chi connectivity index (χ2v) is 9.12. The van der Waals surface area contributed by atoms with Crippen LogP contribution in [0.3, 0.4) is 0 Å². The lowest BCUT2D eigenvalue weighted by atomic mass is 9.93. The number of para-hydroxylation sites is 1. The summed E-state index contributed by atoms with van der Waals surface area (Å²) < 4.78 is 0. The van der Waals surface area contributed by atoms with Gasteiger partial charge in [-0.25, -0.2) is 9.97 Å². The summed E-state index contributed by atoms with van der Waals surface area (Å²) in [5.41, 5.74) is 8.00. The lowest BCUT2D eigenvalue weighted by molar-refractivity contribution is 0.0580. The van der Waals surface area contributed by atoms with Gasteiger partial charge in [0.05, 0.1) is 17.2 Å². The first kappa shape index (κ1) is 23.0. The van der Waals surface area contributed by atoms with Crippen LogP contribution in [0.4, 0.5) is 0 Å². The maximum absolute atomic E-state index is 12.8. The molecule has 0 bridgehead atoms. The van der Waals surface area contributed by atoms with Crippen molar-refractivity contribution in [1.82, 2.24) is 30.0 Å². The first-order chi connectivity index (χ1) is 15.8. The molecule has 3 unspecified atom stereocenters. The fraction of sp³-hybridized carbons (Fsp3) is 0.500. The van der Waals surface area contributed by atoms with Crippen molar-refractivity contribution in [2.24, 2.45) is 5.73 Å². The lowest BCUT2D eigenvalue weighted by Crippen LogP contribution is -2.48. The van der Waals surface area contributed by atoms with E-state index >= 15 is 0 Å². The Morgan fingerprint density at radius 3 is 2.76 bits per heavy atom. The van der Waals surface area contributed by atoms with Crippen LogP contribution in [0.2, 0.25) is 0 Å². The van der Waals surface area contributed by atoms with E-state index in [1.165, 1.54) is 25.5 Å². The Hall–Kier alpha value is -3.20. The maximum atomic E-state index is 12.8. The number of amidine groups is 1. The molecule has 9 heteroatoms. The molecule has 1 aliphatic rings. The highest BCUT2D eigenvalue weighted by Gasteiger charge is 2.28. The zero-order chi connectivity index (χ0) is 23.5. The number of nitrogens with zero attached hydrogens (tertiary/aromatic N) is 5. The molecule has 1 aromatic carbocycles. The highest BCUT2D eigenvalue weighted by atomic mass is 16.1. The minimum absolute atomic E-state index is 0.0333. The van der Waals surface area contributed by atoms with Crippen LogP contribution in [0, 0.1) is 5.41 Å². The molecule has 0 spiro atoms. The van der Waals surface area contributed by atoms with E-state index < -0.39 is 0 Å². The molecule has 1 aliphatic heterocycles. The van der Waals surface area contributed by atoms with Gasteiger partial charge in [0.1, 0.15) is 5.69 Å². The molecule has 9 nitrogen and oxygen atoms in total. The van der Waals surface area contributed by atoms with E-state index in [0.29, 0.717) is 23.6 Å². The molecule has 3 atom stereocenters. The van der Waals surface area contributed by atoms with Crippen molar-refractivity contribution >= 4 is 16.9 Å². The molecule has 0 saturated carbocycles. The molecule has 2 aromatic heterocycles. The van der Waals surface area contributed by atoms with Crippen LogP contribution in [-0.4, -0.2) is 54.0 Å². The molecule has 4 N–H and O–H groups in total. The summed E-state index contributed by atoms with van der Waals surface area (Å²) in [6.07, 6.45) is 8.26. The largest absolute Gasteiger partial charge is 0.381 e. The SMILES string of the molecule is CC(CCCc1cccc2nc(-c3cnnc(C(=N)N)n3)c(=O)[nH]c12)N1C(C)CCCC1C. The van der Waals surface area contributed by atoms with E-state index in [-0.39, 0.29) is 28.6 Å². The van der Waals surface area contributed by atoms with Crippen molar-refractivity contribution in [2.45, 2.75) is 77.4 Å². The first-order valence-electron chi connectivity index (χ1n) is 11.7. The van der Waals surface area contributed by atoms with Crippen LogP contribution in [0.5, 0.6) is 0 Å². The molecule has 0 amide bonds. The van der Waals surface area contributed by atoms with Gasteiger partial charge in [-0.2, -0.15) is 5.10 Å². The number of nitrogens with two attached hydrogens (primary N) is 1. The molecule has 33 heavy (non-hydrogen) atoms. The molecule has 4 rings (SSSR count). The van der Waals surface area contributed by atoms with Crippen LogP contribution in [-0.2, 0) is 6.42 Å². The molecular weight excluding hydrogens is 416 g/mol. The van der Waals surface area contributed by atoms with Crippen molar-refractivity contribution in [2.75, 3.05) is 0 Å². The monoisotopic (exact) mass is 448 g/mol. The number of nitrogen functional groups attached to an aromatic ring is 1. The number of aromatic nitrogens is 5. The van der Waals surface area contributed by atoms with Crippen LogP contribution >= 0.6 is 0 Å². The van der Waals surface area contributed by atoms with Crippen LogP contribution in [0.1, 0.15) is 64.3 Å². The van der Waals surface area contributed by atoms with Gasteiger partial charge in [-0.3, -0.25) is 15.1 Å². The predicted molar refractivity (Wildman–Crippen MR) is 129 cm³/mol. The Morgan fingerprint density at radius 1 is 1.27 bits per heavy atom. The molecule has 0 radical (unpaired) electrons. The Bertz CT molecular complexity index is 1200. The maximum Gasteiger partial charge on any atom is 0.276 e. The Morgan fingerprint density at radius 2 is 2.03 bits per heavy atom. The zero-order valence-corrected chi connectivity index (χ0v) is 19.5. The summed E-state index contributed by atoms with van der Waals surface area (Å²) in [7, 11) is 0. The van der Waals surface area contributed by atoms with E-state index in [2.05, 4.69) is 56.9 Å². The number of likely N-dealkylation sites (tertiary alicyclic amines) is 1. The summed E-state index contributed by atoms with van der Waals surface area (Å²) in [4.78, 5) is 27.2. The topological polar surface area (TPSA) is 138 Å². The smallest absolute Gasteiger partial charge is 0.276 e. The summed E-state index contributed by atoms with van der Waals surface area (Å²) >= 11 is 0. The molecule has 1 saturated heterocycles. The standard InChI is InChI=1S/C24H32N8O/c1-14-7-4-8-15(2)32(14)16(3)9-5-10-17-11-6-12-18-20(17)30-24(33)21(28-18)19-13-27-31-23(29-19)22(25)26/h6,11-16H,4-5,7-10H2,1-3H3,(H3,25,26)(H,30,33). The van der Waals surface area contributed by atoms with Crippen LogP contribution < -0.4 is 11.3 Å². The summed E-state index contributed by atoms with van der Waals surface area (Å²) in [5.74, 6) is -0.347. The van der Waals surface area contributed by atoms with E-state index in [1.54, 1.807) is 0 Å². The molecule has 174 valence electrons. The number of hydrogen-bond donors (Lipinski definition) is 3. The predicted octanol–water partition coefficient (Wildman–Crippen LogP) is 3.03. The van der Waals surface area contributed by atoms with Gasteiger partial charge in [0, 0.05) is 18.1 Å². The highest BCUT2D eigenvalue weighted by Crippen LogP contribution is 2.27. The van der Waals surface area contributed by atoms with Gasteiger partial charge in [-0.15, -0.1) is 5.10 Å². The Labute approximate surface area is 193 Å². The van der Waals surface area contributed by atoms with Crippen molar-refractivity contribution in [1.29, 1.82) is 5.41 Å². The van der Waals surface area contributed by atoms with E-state index in [9.17, 15) is 4.79 Å². The third kappa shape index (κ3) is 4.93. The minimum atomic E-state index is -0.353. The van der Waals surface area contributed by atoms with Gasteiger partial charge in [-0.1, -0.05) is 18.6 Å². The van der Waals surface area contributed by atoms with Crippen LogP contribution in [0.15, 0.2) is 29.2 Å².